The molecule has 0 nitrogen and oxygen atoms in total. The zero-order chi connectivity index (χ0) is 6.69. The van der Waals surface area contributed by atoms with Crippen LogP contribution in [0.1, 0.15) is 18.1 Å². The van der Waals surface area contributed by atoms with Gasteiger partial charge in [0.05, 0.1) is 0 Å². The smallest absolute Gasteiger partial charge is 0 e. The van der Waals surface area contributed by atoms with Crippen molar-refractivity contribution in [1.29, 1.82) is 0 Å². The largest absolute Gasteiger partial charge is 0.299 e. The Morgan fingerprint density at radius 2 is 1.90 bits per heavy atom. The monoisotopic (exact) mass is 207 g/mol. The van der Waals surface area contributed by atoms with E-state index in [-0.39, 0.29) is 32.7 Å². The van der Waals surface area contributed by atoms with Crippen molar-refractivity contribution >= 4 is 0 Å². The molecule has 0 atom stereocenters. The predicted octanol–water partition coefficient (Wildman–Crippen LogP) is 2.44. The molecular weight excluding hydrogens is 197 g/mol. The molecule has 0 aromatic heterocycles. The van der Waals surface area contributed by atoms with Crippen molar-refractivity contribution < 1.29 is 32.7 Å². The zero-order valence-electron chi connectivity index (χ0n) is 6.17. The predicted molar refractivity (Wildman–Crippen MR) is 40.0 cm³/mol. The van der Waals surface area contributed by atoms with Crippen LogP contribution >= 0.6 is 0 Å². The molecule has 0 unspecified atom stereocenters. The van der Waals surface area contributed by atoms with Crippen molar-refractivity contribution in [2.24, 2.45) is 0 Å². The molecule has 1 aromatic rings. The maximum atomic E-state index is 3.86. The number of hydrogen-bond acceptors (Lipinski definition) is 0. The SMILES string of the molecule is [CH2-]c1ccccc1[CH-]C.[Y]. The van der Waals surface area contributed by atoms with Gasteiger partial charge in [-0.3, -0.25) is 18.1 Å². The summed E-state index contributed by atoms with van der Waals surface area (Å²) in [4.78, 5) is 0. The zero-order valence-corrected chi connectivity index (χ0v) is 9.01. The summed E-state index contributed by atoms with van der Waals surface area (Å²) >= 11 is 0. The summed E-state index contributed by atoms with van der Waals surface area (Å²) in [6.45, 7) is 5.88. The number of benzene rings is 1. The minimum atomic E-state index is 0. The molecule has 0 bridgehead atoms. The molecule has 0 spiro atoms. The van der Waals surface area contributed by atoms with E-state index < -0.39 is 0 Å². The average Bonchev–Trinajstić information content (AvgIpc) is 1.89. The van der Waals surface area contributed by atoms with E-state index in [9.17, 15) is 0 Å². The van der Waals surface area contributed by atoms with E-state index >= 15 is 0 Å². The van der Waals surface area contributed by atoms with Crippen LogP contribution in [0.5, 0.6) is 0 Å². The van der Waals surface area contributed by atoms with E-state index in [0.717, 1.165) is 5.56 Å². The maximum Gasteiger partial charge on any atom is 0 e. The summed E-state index contributed by atoms with van der Waals surface area (Å²) < 4.78 is 0. The first-order valence-corrected chi connectivity index (χ1v) is 3.05. The van der Waals surface area contributed by atoms with E-state index in [1.807, 2.05) is 25.1 Å². The van der Waals surface area contributed by atoms with Gasteiger partial charge >= 0.3 is 0 Å². The molecular formula is C9H10Y-2. The second kappa shape index (κ2) is 4.81. The van der Waals surface area contributed by atoms with E-state index in [4.69, 9.17) is 0 Å². The molecule has 1 heteroatoms. The van der Waals surface area contributed by atoms with Crippen LogP contribution in [0.15, 0.2) is 24.3 Å². The van der Waals surface area contributed by atoms with E-state index in [1.54, 1.807) is 0 Å². The summed E-state index contributed by atoms with van der Waals surface area (Å²) in [5, 5.41) is 0. The topological polar surface area (TPSA) is 0 Å². The van der Waals surface area contributed by atoms with Gasteiger partial charge in [0, 0.05) is 32.7 Å². The van der Waals surface area contributed by atoms with Crippen LogP contribution in [-0.4, -0.2) is 0 Å². The standard InChI is InChI=1S/C9H10.Y/c1-3-9-7-5-4-6-8(9)2;/h3-7H,2H2,1H3;/q-2;. The molecule has 0 heterocycles. The summed E-state index contributed by atoms with van der Waals surface area (Å²) in [5.74, 6) is 0. The van der Waals surface area contributed by atoms with Gasteiger partial charge in [-0.25, -0.2) is 18.6 Å². The second-order valence-electron chi connectivity index (χ2n) is 1.99. The fraction of sp³-hybridized carbons (Fsp3) is 0.111. The van der Waals surface area contributed by atoms with Crippen molar-refractivity contribution in [3.05, 3.63) is 48.7 Å². The summed E-state index contributed by atoms with van der Waals surface area (Å²) in [7, 11) is 0. The van der Waals surface area contributed by atoms with Gasteiger partial charge in [0.1, 0.15) is 0 Å². The van der Waals surface area contributed by atoms with Gasteiger partial charge < -0.3 is 0 Å². The first kappa shape index (κ1) is 10.1. The first-order chi connectivity index (χ1) is 4.34. The van der Waals surface area contributed by atoms with E-state index in [1.165, 1.54) is 5.56 Å². The third-order valence-corrected chi connectivity index (χ3v) is 1.37. The number of rotatable bonds is 1. The minimum absolute atomic E-state index is 0. The fourth-order valence-electron chi connectivity index (χ4n) is 0.816. The molecule has 1 radical (unpaired) electrons. The van der Waals surface area contributed by atoms with Gasteiger partial charge in [0.25, 0.3) is 0 Å². The molecule has 10 heavy (non-hydrogen) atoms. The van der Waals surface area contributed by atoms with E-state index in [0.29, 0.717) is 0 Å². The maximum absolute atomic E-state index is 3.86. The quantitative estimate of drug-likeness (QED) is 0.620. The molecule has 0 saturated carbocycles. The normalized spacial score (nSPS) is 8.10. The van der Waals surface area contributed by atoms with Crippen LogP contribution in [-0.2, 0) is 32.7 Å². The van der Waals surface area contributed by atoms with Crippen molar-refractivity contribution in [2.75, 3.05) is 0 Å². The van der Waals surface area contributed by atoms with Gasteiger partial charge in [-0.1, -0.05) is 0 Å². The first-order valence-electron chi connectivity index (χ1n) is 3.05. The third kappa shape index (κ3) is 2.36. The minimum Gasteiger partial charge on any atom is -0.299 e. The van der Waals surface area contributed by atoms with Crippen LogP contribution in [0.4, 0.5) is 0 Å². The third-order valence-electron chi connectivity index (χ3n) is 1.37. The average molecular weight is 207 g/mol. The molecule has 0 aliphatic rings. The Morgan fingerprint density at radius 3 is 2.30 bits per heavy atom. The fourth-order valence-corrected chi connectivity index (χ4v) is 0.816. The summed E-state index contributed by atoms with van der Waals surface area (Å²) in [6.07, 6.45) is 2.06. The Bertz CT molecular complexity index is 194. The Morgan fingerprint density at radius 1 is 1.30 bits per heavy atom. The molecule has 0 amide bonds. The Labute approximate surface area is 87.9 Å². The molecule has 0 saturated heterocycles. The van der Waals surface area contributed by atoms with E-state index in [2.05, 4.69) is 19.4 Å². The second-order valence-corrected chi connectivity index (χ2v) is 1.99. The van der Waals surface area contributed by atoms with Gasteiger partial charge in [-0.15, -0.1) is 19.1 Å². The summed E-state index contributed by atoms with van der Waals surface area (Å²) in [5.41, 5.74) is 2.32. The summed E-state index contributed by atoms with van der Waals surface area (Å²) in [6, 6.07) is 8.08. The van der Waals surface area contributed by atoms with Crippen molar-refractivity contribution in [3.63, 3.8) is 0 Å². The Balaban J connectivity index is 0.000000810. The van der Waals surface area contributed by atoms with Gasteiger partial charge in [0.15, 0.2) is 0 Å². The molecule has 51 valence electrons. The van der Waals surface area contributed by atoms with Gasteiger partial charge in [-0.2, -0.15) is 0 Å². The van der Waals surface area contributed by atoms with Crippen molar-refractivity contribution in [2.45, 2.75) is 6.92 Å². The number of hydrogen-bond donors (Lipinski definition) is 0. The van der Waals surface area contributed by atoms with Crippen molar-refractivity contribution in [1.82, 2.24) is 0 Å². The van der Waals surface area contributed by atoms with Crippen molar-refractivity contribution in [3.8, 4) is 0 Å². The Hall–Kier alpha value is 0.0639. The van der Waals surface area contributed by atoms with Gasteiger partial charge in [-0.05, 0) is 0 Å². The molecule has 0 fully saturated rings. The van der Waals surface area contributed by atoms with Gasteiger partial charge in [0.2, 0.25) is 0 Å². The molecule has 0 N–H and O–H groups in total. The molecule has 0 aliphatic carbocycles. The van der Waals surface area contributed by atoms with Crippen LogP contribution in [0, 0.1) is 13.3 Å². The Kier molecular flexibility index (Phi) is 4.85. The van der Waals surface area contributed by atoms with Crippen LogP contribution in [0.3, 0.4) is 0 Å². The molecule has 1 aromatic carbocycles. The van der Waals surface area contributed by atoms with Crippen LogP contribution in [0.2, 0.25) is 0 Å². The molecule has 0 aliphatic heterocycles. The molecule has 1 rings (SSSR count). The van der Waals surface area contributed by atoms with Crippen LogP contribution in [0.25, 0.3) is 0 Å². The van der Waals surface area contributed by atoms with Crippen LogP contribution < -0.4 is 0 Å².